The van der Waals surface area contributed by atoms with E-state index in [9.17, 15) is 81.5 Å². The molecule has 8 N–H and O–H groups in total. The van der Waals surface area contributed by atoms with Crippen LogP contribution in [-0.4, -0.2) is 106 Å². The van der Waals surface area contributed by atoms with Gasteiger partial charge in [-0.25, -0.2) is 18.4 Å². The average Bonchev–Trinajstić information content (AvgIpc) is 3.54. The molecule has 1 amide bonds. The third-order valence-electron chi connectivity index (χ3n) is 9.91. The van der Waals surface area contributed by atoms with Crippen LogP contribution in [-0.2, 0) is 51.2 Å². The molecule has 0 unspecified atom stereocenters. The first-order valence-electron chi connectivity index (χ1n) is 21.7. The third-order valence-corrected chi connectivity index (χ3v) is 15.4. The highest BCUT2D eigenvalue weighted by Gasteiger charge is 2.44. The molecule has 1 aliphatic rings. The molecule has 81 heavy (non-hydrogen) atoms. The largest absolute Gasteiger partial charge is 0.522 e. The molecule has 0 saturated heterocycles. The molecule has 1 aliphatic carbocycles. The van der Waals surface area contributed by atoms with E-state index in [2.05, 4.69) is 21.2 Å². The van der Waals surface area contributed by atoms with Gasteiger partial charge in [0.1, 0.15) is 21.4 Å². The lowest BCUT2D eigenvalue weighted by Gasteiger charge is -2.20. The molecular formula is C49H39BrF5NO20S5. The Kier molecular flexibility index (Phi) is 24.6. The van der Waals surface area contributed by atoms with Crippen LogP contribution >= 0.6 is 37.5 Å². The number of nitrogens with one attached hydrogen (secondary N) is 1. The van der Waals surface area contributed by atoms with Gasteiger partial charge in [-0.3, -0.25) is 37.6 Å². The maximum absolute atomic E-state index is 12.7. The molecule has 21 nitrogen and oxygen atoms in total. The number of alkyl halides is 3. The van der Waals surface area contributed by atoms with Crippen LogP contribution < -0.4 is 5.32 Å². The highest BCUT2D eigenvalue weighted by molar-refractivity contribution is 9.10. The van der Waals surface area contributed by atoms with Gasteiger partial charge in [0.25, 0.3) is 20.2 Å². The van der Waals surface area contributed by atoms with Crippen molar-refractivity contribution in [3.63, 3.8) is 0 Å². The number of hydrogen-bond donors (Lipinski definition) is 8. The smallest absolute Gasteiger partial charge is 0.481 e. The molecular weight excluding hydrogens is 1260 g/mol. The number of carboxylic acid groups (broad SMARTS) is 4. The predicted octanol–water partition coefficient (Wildman–Crippen LogP) is 9.77. The molecule has 0 radical (unpaired) electrons. The molecule has 32 heteroatoms. The van der Waals surface area contributed by atoms with E-state index in [-0.39, 0.29) is 52.1 Å². The molecule has 7 rings (SSSR count). The second-order valence-corrected chi connectivity index (χ2v) is 23.0. The summed E-state index contributed by atoms with van der Waals surface area (Å²) in [6, 6.07) is 28.8. The van der Waals surface area contributed by atoms with Gasteiger partial charge in [0.15, 0.2) is 11.6 Å². The van der Waals surface area contributed by atoms with E-state index >= 15 is 0 Å². The second-order valence-electron chi connectivity index (χ2n) is 15.7. The van der Waals surface area contributed by atoms with Crippen LogP contribution in [0, 0.1) is 18.6 Å². The SMILES string of the molecule is Cc1cc(Br)ccc1NC(=O)CCCC(=O)O.O=C(O)Cc1ccc(F)cc1F.O=C(O)c1ccccc1SSc1ccccc1C(=O)O.O=C1c2ccccc2C(=O)c2c1ccc(S(=O)(=O)O)c2S(=O)(=O)O.O=S(=O)(O)C(F)(F)F. The number of carbonyl (C=O) groups excluding carboxylic acids is 3. The summed E-state index contributed by atoms with van der Waals surface area (Å²) >= 11 is 3.34. The number of halogens is 6. The average molecular weight is 1300 g/mol. The summed E-state index contributed by atoms with van der Waals surface area (Å²) in [5, 5.41) is 37.7. The van der Waals surface area contributed by atoms with E-state index in [1.165, 1.54) is 58.0 Å². The van der Waals surface area contributed by atoms with E-state index in [0.717, 1.165) is 33.9 Å². The number of ketones is 2. The number of aromatic carboxylic acids is 2. The van der Waals surface area contributed by atoms with Gasteiger partial charge in [0.05, 0.1) is 23.1 Å². The topological polar surface area (TPSA) is 376 Å². The minimum absolute atomic E-state index is 0.0103. The summed E-state index contributed by atoms with van der Waals surface area (Å²) in [5.74, 6) is -7.35. The quantitative estimate of drug-likeness (QED) is 0.0217. The van der Waals surface area contributed by atoms with Crippen LogP contribution in [0.5, 0.6) is 0 Å². The Balaban J connectivity index is 0.000000277. The summed E-state index contributed by atoms with van der Waals surface area (Å²) in [4.78, 5) is 77.9. The number of rotatable bonds is 14. The Morgan fingerprint density at radius 1 is 0.605 bits per heavy atom. The Hall–Kier alpha value is -7.43. The summed E-state index contributed by atoms with van der Waals surface area (Å²) in [6.07, 6.45) is 0.178. The van der Waals surface area contributed by atoms with Crippen molar-refractivity contribution in [1.29, 1.82) is 0 Å². The molecule has 0 fully saturated rings. The fraction of sp³-hybridized carbons (Fsp3) is 0.122. The maximum atomic E-state index is 12.7. The molecule has 0 heterocycles. The first-order chi connectivity index (χ1) is 37.5. The summed E-state index contributed by atoms with van der Waals surface area (Å²) in [7, 11) is -13.7. The molecule has 0 aromatic heterocycles. The van der Waals surface area contributed by atoms with Crippen molar-refractivity contribution in [2.75, 3.05) is 5.32 Å². The fourth-order valence-corrected chi connectivity index (χ4v) is 11.1. The summed E-state index contributed by atoms with van der Waals surface area (Å²) in [6.45, 7) is 1.90. The zero-order valence-electron chi connectivity index (χ0n) is 40.6. The van der Waals surface area contributed by atoms with Crippen molar-refractivity contribution >= 4 is 115 Å². The van der Waals surface area contributed by atoms with Crippen molar-refractivity contribution in [2.45, 2.75) is 57.7 Å². The Labute approximate surface area is 472 Å². The number of aliphatic carboxylic acids is 2. The zero-order valence-corrected chi connectivity index (χ0v) is 46.3. The highest BCUT2D eigenvalue weighted by Crippen LogP contribution is 2.41. The highest BCUT2D eigenvalue weighted by atomic mass is 79.9. The molecule has 432 valence electrons. The van der Waals surface area contributed by atoms with Crippen LogP contribution in [0.2, 0.25) is 0 Å². The van der Waals surface area contributed by atoms with Gasteiger partial charge < -0.3 is 25.7 Å². The van der Waals surface area contributed by atoms with Gasteiger partial charge in [-0.15, -0.1) is 0 Å². The molecule has 0 saturated carbocycles. The van der Waals surface area contributed by atoms with Crippen LogP contribution in [0.1, 0.15) is 82.9 Å². The van der Waals surface area contributed by atoms with Crippen molar-refractivity contribution in [1.82, 2.24) is 0 Å². The monoisotopic (exact) mass is 1290 g/mol. The normalized spacial score (nSPS) is 11.7. The predicted molar refractivity (Wildman–Crippen MR) is 282 cm³/mol. The first kappa shape index (κ1) is 67.8. The van der Waals surface area contributed by atoms with Crippen LogP contribution in [0.4, 0.5) is 27.6 Å². The lowest BCUT2D eigenvalue weighted by molar-refractivity contribution is -0.137. The number of benzene rings is 6. The third kappa shape index (κ3) is 20.6. The van der Waals surface area contributed by atoms with E-state index < -0.39 is 105 Å². The van der Waals surface area contributed by atoms with Gasteiger partial charge in [-0.2, -0.15) is 38.4 Å². The summed E-state index contributed by atoms with van der Waals surface area (Å²) in [5.41, 5.74) is -4.68. The minimum Gasteiger partial charge on any atom is -0.481 e. The maximum Gasteiger partial charge on any atom is 0.522 e. The zero-order chi connectivity index (χ0) is 61.4. The number of carboxylic acids is 4. The molecule has 0 atom stereocenters. The molecule has 0 aliphatic heterocycles. The molecule has 6 aromatic carbocycles. The molecule has 0 bridgehead atoms. The number of fused-ring (bicyclic) bond motifs is 2. The van der Waals surface area contributed by atoms with Gasteiger partial charge in [-0.1, -0.05) is 92.1 Å². The van der Waals surface area contributed by atoms with E-state index in [4.69, 9.17) is 33.4 Å². The first-order valence-corrected chi connectivity index (χ1v) is 29.0. The number of carbonyl (C=O) groups is 7. The van der Waals surface area contributed by atoms with Crippen LogP contribution in [0.3, 0.4) is 0 Å². The Bertz CT molecular complexity index is 3690. The van der Waals surface area contributed by atoms with E-state index in [1.807, 2.05) is 25.1 Å². The lowest BCUT2D eigenvalue weighted by atomic mass is 9.84. The van der Waals surface area contributed by atoms with Crippen molar-refractivity contribution in [2.24, 2.45) is 0 Å². The van der Waals surface area contributed by atoms with Gasteiger partial charge in [-0.05, 0) is 85.1 Å². The van der Waals surface area contributed by atoms with Crippen molar-refractivity contribution < 1.29 is 115 Å². The fourth-order valence-electron chi connectivity index (χ4n) is 6.33. The number of hydrogen-bond acceptors (Lipinski definition) is 15. The van der Waals surface area contributed by atoms with Crippen LogP contribution in [0.15, 0.2) is 145 Å². The van der Waals surface area contributed by atoms with E-state index in [0.29, 0.717) is 28.3 Å². The Morgan fingerprint density at radius 3 is 1.53 bits per heavy atom. The van der Waals surface area contributed by atoms with Crippen molar-refractivity contribution in [3.05, 3.63) is 182 Å². The standard InChI is InChI=1S/C14H8O8S2.C14H10O4S2.C12H14BrNO3.C8H6F2O2.CHF3O3S/c15-12-7-3-1-2-4-8(7)13(16)11-9(12)5-6-10(23(17,18)19)14(11)24(20,21)22;15-13(16)9-5-1-3-7-11(9)19-20-12-8-4-2-6-10(12)14(17)18;1-8-7-9(13)5-6-10(8)14-11(15)3-2-4-12(16)17;9-6-2-1-5(3-8(11)12)7(10)4-6;2-1(3,4)8(5,6)7/h1-6H,(H,17,18,19)(H,20,21,22);1-8H,(H,15,16)(H,17,18);5-7H,2-4H2,1H3,(H,14,15)(H,16,17);1-2,4H,3H2,(H,11,12);(H,5,6,7). The number of aryl methyl sites for hydroxylation is 1. The van der Waals surface area contributed by atoms with E-state index in [1.54, 1.807) is 36.4 Å². The van der Waals surface area contributed by atoms with Crippen molar-refractivity contribution in [3.8, 4) is 0 Å². The minimum atomic E-state index is -5.84. The molecule has 0 spiro atoms. The van der Waals surface area contributed by atoms with Crippen LogP contribution in [0.25, 0.3) is 0 Å². The summed E-state index contributed by atoms with van der Waals surface area (Å²) < 4.78 is 148. The van der Waals surface area contributed by atoms with Gasteiger partial charge in [0.2, 0.25) is 5.91 Å². The molecule has 6 aromatic rings. The van der Waals surface area contributed by atoms with Gasteiger partial charge >= 0.3 is 39.5 Å². The Morgan fingerprint density at radius 2 is 1.10 bits per heavy atom. The second kappa shape index (κ2) is 29.3. The lowest BCUT2D eigenvalue weighted by Crippen LogP contribution is -2.25. The number of amides is 1. The van der Waals surface area contributed by atoms with Gasteiger partial charge in [0, 0.05) is 55.5 Å². The number of anilines is 1.